The minimum atomic E-state index is -0.805. The van der Waals surface area contributed by atoms with Gasteiger partial charge in [0.1, 0.15) is 5.82 Å². The topological polar surface area (TPSA) is 20.2 Å². The molecule has 1 aliphatic carbocycles. The van der Waals surface area contributed by atoms with Crippen LogP contribution in [0, 0.1) is 23.6 Å². The van der Waals surface area contributed by atoms with Crippen molar-refractivity contribution < 1.29 is 9.50 Å². The fourth-order valence-corrected chi connectivity index (χ4v) is 3.90. The zero-order valence-electron chi connectivity index (χ0n) is 12.5. The lowest BCUT2D eigenvalue weighted by Crippen LogP contribution is -2.47. The van der Waals surface area contributed by atoms with Gasteiger partial charge >= 0.3 is 0 Å². The average Bonchev–Trinajstić information content (AvgIpc) is 2.32. The molecule has 0 aliphatic heterocycles. The third-order valence-corrected chi connectivity index (χ3v) is 4.91. The maximum atomic E-state index is 14.0. The summed E-state index contributed by atoms with van der Waals surface area (Å²) in [6.07, 6.45) is 3.29. The molecule has 1 fully saturated rings. The van der Waals surface area contributed by atoms with Gasteiger partial charge in [0.05, 0.1) is 5.60 Å². The normalized spacial score (nSPS) is 30.8. The second-order valence-corrected chi connectivity index (χ2v) is 7.19. The molecule has 1 aliphatic rings. The summed E-state index contributed by atoms with van der Waals surface area (Å²) in [7, 11) is 0. The molecule has 0 saturated heterocycles. The summed E-state index contributed by atoms with van der Waals surface area (Å²) in [5.41, 5.74) is -0.239. The largest absolute Gasteiger partial charge is 0.389 e. The van der Waals surface area contributed by atoms with E-state index in [9.17, 15) is 9.50 Å². The fourth-order valence-electron chi connectivity index (χ4n) is 3.74. The van der Waals surface area contributed by atoms with E-state index in [1.54, 1.807) is 12.1 Å². The van der Waals surface area contributed by atoms with Crippen molar-refractivity contribution >= 4 is 11.6 Å². The summed E-state index contributed by atoms with van der Waals surface area (Å²) in [5, 5.41) is 11.5. The van der Waals surface area contributed by atoms with Crippen molar-refractivity contribution in [3.8, 4) is 0 Å². The molecule has 3 atom stereocenters. The van der Waals surface area contributed by atoms with Gasteiger partial charge in [0, 0.05) is 11.4 Å². The molecular weight excluding hydrogens is 275 g/mol. The standard InChI is InChI=1S/C17H24ClFO/c1-11(2)15-7-4-12(3)9-17(15,20)10-13-5-6-14(18)8-16(13)19/h5-6,8,11-12,15,20H,4,7,9-10H2,1-3H3. The van der Waals surface area contributed by atoms with E-state index in [1.165, 1.54) is 6.07 Å². The third-order valence-electron chi connectivity index (χ3n) is 4.68. The van der Waals surface area contributed by atoms with Crippen LogP contribution in [0.4, 0.5) is 4.39 Å². The highest BCUT2D eigenvalue weighted by Crippen LogP contribution is 2.43. The third kappa shape index (κ3) is 3.35. The van der Waals surface area contributed by atoms with Crippen molar-refractivity contribution in [1.29, 1.82) is 0 Å². The van der Waals surface area contributed by atoms with Gasteiger partial charge in [-0.05, 0) is 48.3 Å². The Morgan fingerprint density at radius 3 is 2.70 bits per heavy atom. The van der Waals surface area contributed by atoms with E-state index in [0.717, 1.165) is 19.3 Å². The molecule has 0 radical (unpaired) electrons. The Bertz CT molecular complexity index is 474. The molecule has 1 N–H and O–H groups in total. The monoisotopic (exact) mass is 298 g/mol. The van der Waals surface area contributed by atoms with Crippen molar-refractivity contribution in [2.45, 2.75) is 52.1 Å². The average molecular weight is 299 g/mol. The van der Waals surface area contributed by atoms with Crippen LogP contribution in [0.1, 0.15) is 45.6 Å². The zero-order chi connectivity index (χ0) is 14.9. The van der Waals surface area contributed by atoms with Crippen molar-refractivity contribution in [3.63, 3.8) is 0 Å². The molecular formula is C17H24ClFO. The van der Waals surface area contributed by atoms with Gasteiger partial charge in [0.25, 0.3) is 0 Å². The van der Waals surface area contributed by atoms with E-state index in [2.05, 4.69) is 20.8 Å². The van der Waals surface area contributed by atoms with Crippen molar-refractivity contribution in [3.05, 3.63) is 34.6 Å². The first-order valence-electron chi connectivity index (χ1n) is 7.48. The first kappa shape index (κ1) is 15.8. The molecule has 3 heteroatoms. The number of halogens is 2. The van der Waals surface area contributed by atoms with Crippen LogP contribution in [0.3, 0.4) is 0 Å². The summed E-state index contributed by atoms with van der Waals surface area (Å²) in [6, 6.07) is 4.73. The second-order valence-electron chi connectivity index (χ2n) is 6.75. The molecule has 0 spiro atoms. The number of rotatable bonds is 3. The summed E-state index contributed by atoms with van der Waals surface area (Å²) in [4.78, 5) is 0. The maximum absolute atomic E-state index is 14.0. The highest BCUT2D eigenvalue weighted by Gasteiger charge is 2.43. The van der Waals surface area contributed by atoms with Crippen LogP contribution in [0.5, 0.6) is 0 Å². The number of aliphatic hydroxyl groups is 1. The summed E-state index contributed by atoms with van der Waals surface area (Å²) in [5.74, 6) is 0.814. The predicted molar refractivity (Wildman–Crippen MR) is 81.4 cm³/mol. The highest BCUT2D eigenvalue weighted by atomic mass is 35.5. The predicted octanol–water partition coefficient (Wildman–Crippen LogP) is 4.84. The quantitative estimate of drug-likeness (QED) is 0.846. The van der Waals surface area contributed by atoms with E-state index in [4.69, 9.17) is 11.6 Å². The lowest BCUT2D eigenvalue weighted by Gasteiger charge is -2.45. The maximum Gasteiger partial charge on any atom is 0.127 e. The van der Waals surface area contributed by atoms with Gasteiger partial charge < -0.3 is 5.11 Å². The molecule has 20 heavy (non-hydrogen) atoms. The van der Waals surface area contributed by atoms with Gasteiger partial charge in [-0.3, -0.25) is 0 Å². The van der Waals surface area contributed by atoms with Crippen molar-refractivity contribution in [1.82, 2.24) is 0 Å². The first-order chi connectivity index (χ1) is 9.32. The summed E-state index contributed by atoms with van der Waals surface area (Å²) < 4.78 is 14.0. The van der Waals surface area contributed by atoms with Crippen LogP contribution in [0.15, 0.2) is 18.2 Å². The van der Waals surface area contributed by atoms with Gasteiger partial charge in [-0.2, -0.15) is 0 Å². The van der Waals surface area contributed by atoms with Crippen LogP contribution >= 0.6 is 11.6 Å². The first-order valence-corrected chi connectivity index (χ1v) is 7.86. The Hall–Kier alpha value is -0.600. The van der Waals surface area contributed by atoms with Gasteiger partial charge in [-0.1, -0.05) is 44.9 Å². The molecule has 0 amide bonds. The second kappa shape index (κ2) is 6.03. The van der Waals surface area contributed by atoms with Crippen molar-refractivity contribution in [2.24, 2.45) is 17.8 Å². The number of hydrogen-bond acceptors (Lipinski definition) is 1. The van der Waals surface area contributed by atoms with Crippen LogP contribution in [0.25, 0.3) is 0 Å². The molecule has 1 saturated carbocycles. The van der Waals surface area contributed by atoms with Gasteiger partial charge in [-0.15, -0.1) is 0 Å². The Kier molecular flexibility index (Phi) is 4.76. The van der Waals surface area contributed by atoms with Crippen LogP contribution in [-0.4, -0.2) is 10.7 Å². The van der Waals surface area contributed by atoms with E-state index < -0.39 is 5.60 Å². The minimum Gasteiger partial charge on any atom is -0.389 e. The van der Waals surface area contributed by atoms with E-state index >= 15 is 0 Å². The molecule has 1 nitrogen and oxygen atoms in total. The lowest BCUT2D eigenvalue weighted by atomic mass is 9.65. The Morgan fingerprint density at radius 1 is 1.40 bits per heavy atom. The SMILES string of the molecule is CC1CCC(C(C)C)C(O)(Cc2ccc(Cl)cc2F)C1. The van der Waals surface area contributed by atoms with Gasteiger partial charge in [-0.25, -0.2) is 4.39 Å². The van der Waals surface area contributed by atoms with Crippen LogP contribution < -0.4 is 0 Å². The minimum absolute atomic E-state index is 0.230. The van der Waals surface area contributed by atoms with E-state index in [1.807, 2.05) is 0 Å². The molecule has 112 valence electrons. The van der Waals surface area contributed by atoms with Crippen molar-refractivity contribution in [2.75, 3.05) is 0 Å². The molecule has 0 bridgehead atoms. The zero-order valence-corrected chi connectivity index (χ0v) is 13.3. The van der Waals surface area contributed by atoms with Crippen LogP contribution in [-0.2, 0) is 6.42 Å². The fraction of sp³-hybridized carbons (Fsp3) is 0.647. The molecule has 0 aromatic heterocycles. The number of hydrogen-bond donors (Lipinski definition) is 1. The summed E-state index contributed by atoms with van der Waals surface area (Å²) >= 11 is 5.79. The molecule has 1 aromatic carbocycles. The molecule has 3 unspecified atom stereocenters. The Balaban J connectivity index is 2.26. The van der Waals surface area contributed by atoms with E-state index in [-0.39, 0.29) is 11.7 Å². The Labute approximate surface area is 126 Å². The van der Waals surface area contributed by atoms with E-state index in [0.29, 0.717) is 28.8 Å². The molecule has 0 heterocycles. The molecule has 1 aromatic rings. The van der Waals surface area contributed by atoms with Crippen LogP contribution in [0.2, 0.25) is 5.02 Å². The smallest absolute Gasteiger partial charge is 0.127 e. The summed E-state index contributed by atoms with van der Waals surface area (Å²) in [6.45, 7) is 6.45. The van der Waals surface area contributed by atoms with Gasteiger partial charge in [0.15, 0.2) is 0 Å². The lowest BCUT2D eigenvalue weighted by molar-refractivity contribution is -0.0799. The molecule has 2 rings (SSSR count). The van der Waals surface area contributed by atoms with Gasteiger partial charge in [0.2, 0.25) is 0 Å². The number of benzene rings is 1. The highest BCUT2D eigenvalue weighted by molar-refractivity contribution is 6.30. The Morgan fingerprint density at radius 2 is 2.10 bits per heavy atom.